The lowest BCUT2D eigenvalue weighted by molar-refractivity contribution is 0.577. The molecule has 0 amide bonds. The third-order valence-corrected chi connectivity index (χ3v) is 5.45. The molecular formula is C10H15ClN2O3S2. The Balaban J connectivity index is 2.64. The molecular weight excluding hydrogens is 296 g/mol. The van der Waals surface area contributed by atoms with Gasteiger partial charge < -0.3 is 0 Å². The van der Waals surface area contributed by atoms with Crippen molar-refractivity contribution in [3.63, 3.8) is 0 Å². The highest BCUT2D eigenvalue weighted by atomic mass is 35.5. The van der Waals surface area contributed by atoms with Crippen LogP contribution in [0.15, 0.2) is 23.2 Å². The fourth-order valence-corrected chi connectivity index (χ4v) is 2.95. The van der Waals surface area contributed by atoms with Crippen LogP contribution in [0.3, 0.4) is 0 Å². The highest BCUT2D eigenvalue weighted by Crippen LogP contribution is 2.12. The fraction of sp³-hybridized carbons (Fsp3) is 0.500. The van der Waals surface area contributed by atoms with Gasteiger partial charge in [0.25, 0.3) is 0 Å². The Morgan fingerprint density at radius 1 is 1.56 bits per heavy atom. The zero-order valence-electron chi connectivity index (χ0n) is 10.1. The SMILES string of the molecule is CC(CCNS(=O)(=O)c1ccnc(Cl)c1)S(C)=O. The van der Waals surface area contributed by atoms with E-state index in [9.17, 15) is 12.6 Å². The minimum atomic E-state index is -3.58. The van der Waals surface area contributed by atoms with Crippen LogP contribution in [0, 0.1) is 0 Å². The summed E-state index contributed by atoms with van der Waals surface area (Å²) in [6.07, 6.45) is 3.45. The minimum absolute atomic E-state index is 0.0475. The van der Waals surface area contributed by atoms with E-state index in [1.54, 1.807) is 6.26 Å². The summed E-state index contributed by atoms with van der Waals surface area (Å²) in [7, 11) is -4.53. The van der Waals surface area contributed by atoms with Crippen LogP contribution in [0.2, 0.25) is 5.15 Å². The number of hydrogen-bond donors (Lipinski definition) is 1. The predicted molar refractivity (Wildman–Crippen MR) is 72.6 cm³/mol. The van der Waals surface area contributed by atoms with Crippen molar-refractivity contribution < 1.29 is 12.6 Å². The molecule has 0 saturated heterocycles. The molecule has 0 aliphatic heterocycles. The molecule has 0 saturated carbocycles. The number of nitrogens with one attached hydrogen (secondary N) is 1. The van der Waals surface area contributed by atoms with Gasteiger partial charge in [0, 0.05) is 35.0 Å². The third-order valence-electron chi connectivity index (χ3n) is 2.42. The van der Waals surface area contributed by atoms with Gasteiger partial charge >= 0.3 is 0 Å². The van der Waals surface area contributed by atoms with Crippen LogP contribution in [-0.4, -0.2) is 35.7 Å². The summed E-state index contributed by atoms with van der Waals surface area (Å²) in [5, 5.41) is 0.0784. The van der Waals surface area contributed by atoms with E-state index >= 15 is 0 Å². The molecule has 5 nitrogen and oxygen atoms in total. The van der Waals surface area contributed by atoms with E-state index in [1.165, 1.54) is 18.3 Å². The van der Waals surface area contributed by atoms with Crippen LogP contribution in [0.4, 0.5) is 0 Å². The van der Waals surface area contributed by atoms with Gasteiger partial charge in [-0.3, -0.25) is 4.21 Å². The first-order valence-electron chi connectivity index (χ1n) is 5.26. The average Bonchev–Trinajstić information content (AvgIpc) is 2.28. The fourth-order valence-electron chi connectivity index (χ4n) is 1.20. The van der Waals surface area contributed by atoms with Gasteiger partial charge in [0.05, 0.1) is 4.90 Å². The smallest absolute Gasteiger partial charge is 0.240 e. The van der Waals surface area contributed by atoms with Crippen molar-refractivity contribution in [2.75, 3.05) is 12.8 Å². The molecule has 0 aromatic carbocycles. The first-order chi connectivity index (χ1) is 8.33. The molecule has 2 unspecified atom stereocenters. The largest absolute Gasteiger partial charge is 0.260 e. The molecule has 1 heterocycles. The predicted octanol–water partition coefficient (Wildman–Crippen LogP) is 1.17. The number of nitrogens with zero attached hydrogens (tertiary/aromatic N) is 1. The molecule has 0 spiro atoms. The summed E-state index contributed by atoms with van der Waals surface area (Å²) in [6.45, 7) is 2.05. The number of hydrogen-bond acceptors (Lipinski definition) is 4. The topological polar surface area (TPSA) is 76.1 Å². The summed E-state index contributed by atoms with van der Waals surface area (Å²) >= 11 is 5.63. The van der Waals surface area contributed by atoms with E-state index in [4.69, 9.17) is 11.6 Å². The number of sulfonamides is 1. The van der Waals surface area contributed by atoms with Gasteiger partial charge in [0.1, 0.15) is 5.15 Å². The maximum absolute atomic E-state index is 11.9. The Morgan fingerprint density at radius 2 is 2.22 bits per heavy atom. The van der Waals surface area contributed by atoms with Crippen molar-refractivity contribution in [2.45, 2.75) is 23.5 Å². The standard InChI is InChI=1S/C10H15ClN2O3S2/c1-8(17(2)14)3-6-13-18(15,16)9-4-5-12-10(11)7-9/h4-5,7-8,13H,3,6H2,1-2H3. The van der Waals surface area contributed by atoms with Gasteiger partial charge in [0.2, 0.25) is 10.0 Å². The van der Waals surface area contributed by atoms with E-state index in [0.29, 0.717) is 6.42 Å². The third kappa shape index (κ3) is 4.64. The molecule has 0 bridgehead atoms. The Morgan fingerprint density at radius 3 is 2.78 bits per heavy atom. The molecule has 1 aromatic heterocycles. The second-order valence-corrected chi connectivity index (χ2v) is 7.77. The van der Waals surface area contributed by atoms with Gasteiger partial charge in [0.15, 0.2) is 0 Å². The van der Waals surface area contributed by atoms with Crippen molar-refractivity contribution in [1.29, 1.82) is 0 Å². The quantitative estimate of drug-likeness (QED) is 0.800. The summed E-state index contributed by atoms with van der Waals surface area (Å²) in [4.78, 5) is 3.79. The Bertz CT molecular complexity index is 534. The Hall–Kier alpha value is -0.500. The van der Waals surface area contributed by atoms with E-state index in [2.05, 4.69) is 9.71 Å². The Labute approximate surface area is 114 Å². The second kappa shape index (κ2) is 6.60. The summed E-state index contributed by atoms with van der Waals surface area (Å²) in [5.74, 6) is 0. The monoisotopic (exact) mass is 310 g/mol. The summed E-state index contributed by atoms with van der Waals surface area (Å²) in [5.41, 5.74) is 0. The Kier molecular flexibility index (Phi) is 5.71. The van der Waals surface area contributed by atoms with Crippen molar-refractivity contribution in [3.8, 4) is 0 Å². The molecule has 0 aliphatic carbocycles. The maximum atomic E-state index is 11.9. The van der Waals surface area contributed by atoms with Gasteiger partial charge in [-0.05, 0) is 18.6 Å². The van der Waals surface area contributed by atoms with E-state index in [-0.39, 0.29) is 21.8 Å². The van der Waals surface area contributed by atoms with Gasteiger partial charge in [-0.2, -0.15) is 0 Å². The highest BCUT2D eigenvalue weighted by Gasteiger charge is 2.15. The van der Waals surface area contributed by atoms with Crippen molar-refractivity contribution in [2.24, 2.45) is 0 Å². The van der Waals surface area contributed by atoms with Crippen LogP contribution in [0.25, 0.3) is 0 Å². The number of aromatic nitrogens is 1. The lowest BCUT2D eigenvalue weighted by atomic mass is 10.3. The number of rotatable bonds is 6. The molecule has 1 N–H and O–H groups in total. The van der Waals surface area contributed by atoms with Crippen LogP contribution >= 0.6 is 11.6 Å². The molecule has 8 heteroatoms. The van der Waals surface area contributed by atoms with Crippen molar-refractivity contribution >= 4 is 32.4 Å². The first-order valence-corrected chi connectivity index (χ1v) is 8.74. The summed E-state index contributed by atoms with van der Waals surface area (Å²) in [6, 6.07) is 2.65. The molecule has 1 aromatic rings. The summed E-state index contributed by atoms with van der Waals surface area (Å²) < 4.78 is 37.3. The molecule has 2 atom stereocenters. The molecule has 0 radical (unpaired) electrons. The van der Waals surface area contributed by atoms with Crippen molar-refractivity contribution in [3.05, 3.63) is 23.5 Å². The average molecular weight is 311 g/mol. The van der Waals surface area contributed by atoms with E-state index < -0.39 is 20.8 Å². The van der Waals surface area contributed by atoms with Gasteiger partial charge in [-0.15, -0.1) is 0 Å². The van der Waals surface area contributed by atoms with Gasteiger partial charge in [-0.1, -0.05) is 18.5 Å². The van der Waals surface area contributed by atoms with Crippen LogP contribution < -0.4 is 4.72 Å². The van der Waals surface area contributed by atoms with Crippen LogP contribution in [-0.2, 0) is 20.8 Å². The number of halogens is 1. The molecule has 0 fully saturated rings. The zero-order chi connectivity index (χ0) is 13.8. The zero-order valence-corrected chi connectivity index (χ0v) is 12.5. The van der Waals surface area contributed by atoms with Crippen LogP contribution in [0.1, 0.15) is 13.3 Å². The highest BCUT2D eigenvalue weighted by molar-refractivity contribution is 7.89. The first kappa shape index (κ1) is 15.6. The van der Waals surface area contributed by atoms with E-state index in [0.717, 1.165) is 0 Å². The number of pyridine rings is 1. The lowest BCUT2D eigenvalue weighted by Gasteiger charge is -2.10. The van der Waals surface area contributed by atoms with E-state index in [1.807, 2.05) is 6.92 Å². The lowest BCUT2D eigenvalue weighted by Crippen LogP contribution is -2.27. The maximum Gasteiger partial charge on any atom is 0.240 e. The normalized spacial score (nSPS) is 15.3. The van der Waals surface area contributed by atoms with Crippen molar-refractivity contribution in [1.82, 2.24) is 9.71 Å². The minimum Gasteiger partial charge on any atom is -0.260 e. The molecule has 0 aliphatic rings. The second-order valence-electron chi connectivity index (χ2n) is 3.81. The molecule has 102 valence electrons. The van der Waals surface area contributed by atoms with Gasteiger partial charge in [-0.25, -0.2) is 18.1 Å². The molecule has 1 rings (SSSR count). The van der Waals surface area contributed by atoms with Crippen LogP contribution in [0.5, 0.6) is 0 Å². The molecule has 18 heavy (non-hydrogen) atoms.